The van der Waals surface area contributed by atoms with Crippen LogP contribution in [0.5, 0.6) is 0 Å². The van der Waals surface area contributed by atoms with Crippen molar-refractivity contribution in [1.82, 2.24) is 10.2 Å². The molecule has 0 saturated heterocycles. The molecule has 2 atom stereocenters. The fourth-order valence-corrected chi connectivity index (χ4v) is 1.67. The van der Waals surface area contributed by atoms with E-state index in [0.29, 0.717) is 11.9 Å². The third kappa shape index (κ3) is 3.01. The Kier molecular flexibility index (Phi) is 3.87. The molecule has 0 amide bonds. The zero-order valence-electron chi connectivity index (χ0n) is 10.6. The van der Waals surface area contributed by atoms with Gasteiger partial charge in [0.15, 0.2) is 0 Å². The Morgan fingerprint density at radius 2 is 1.83 bits per heavy atom. The zero-order valence-corrected chi connectivity index (χ0v) is 11.4. The first-order chi connectivity index (χ1) is 8.56. The van der Waals surface area contributed by atoms with Gasteiger partial charge >= 0.3 is 6.01 Å². The second kappa shape index (κ2) is 5.40. The lowest BCUT2D eigenvalue weighted by molar-refractivity contribution is 0.502. The summed E-state index contributed by atoms with van der Waals surface area (Å²) in [4.78, 5) is 0. The van der Waals surface area contributed by atoms with Crippen LogP contribution in [-0.2, 0) is 0 Å². The summed E-state index contributed by atoms with van der Waals surface area (Å²) in [5.74, 6) is 0.426. The smallest absolute Gasteiger partial charge is 0.315 e. The quantitative estimate of drug-likeness (QED) is 0.853. The van der Waals surface area contributed by atoms with E-state index in [0.717, 1.165) is 0 Å². The second-order valence-electron chi connectivity index (χ2n) is 4.34. The van der Waals surface area contributed by atoms with E-state index in [4.69, 9.17) is 16.0 Å². The van der Waals surface area contributed by atoms with Crippen LogP contribution in [0.25, 0.3) is 0 Å². The minimum atomic E-state index is -0.275. The molecule has 0 radical (unpaired) electrons. The molecule has 18 heavy (non-hydrogen) atoms. The molecule has 0 spiro atoms. The van der Waals surface area contributed by atoms with E-state index in [1.807, 2.05) is 6.92 Å². The summed E-state index contributed by atoms with van der Waals surface area (Å²) in [5.41, 5.74) is 2.40. The van der Waals surface area contributed by atoms with E-state index >= 15 is 0 Å². The van der Waals surface area contributed by atoms with Crippen molar-refractivity contribution < 1.29 is 4.42 Å². The van der Waals surface area contributed by atoms with Gasteiger partial charge in [0.25, 0.3) is 0 Å². The highest BCUT2D eigenvalue weighted by Gasteiger charge is 2.13. The first kappa shape index (κ1) is 12.9. The molecule has 2 unspecified atom stereocenters. The van der Waals surface area contributed by atoms with Crippen molar-refractivity contribution in [1.29, 1.82) is 0 Å². The van der Waals surface area contributed by atoms with Crippen molar-refractivity contribution in [2.45, 2.75) is 32.2 Å². The van der Waals surface area contributed by atoms with Gasteiger partial charge in [0.1, 0.15) is 5.38 Å². The van der Waals surface area contributed by atoms with Gasteiger partial charge in [-0.15, -0.1) is 16.7 Å². The predicted molar refractivity (Wildman–Crippen MR) is 71.8 cm³/mol. The van der Waals surface area contributed by atoms with Crippen LogP contribution in [-0.4, -0.2) is 10.2 Å². The van der Waals surface area contributed by atoms with E-state index in [9.17, 15) is 0 Å². The molecule has 96 valence electrons. The van der Waals surface area contributed by atoms with Crippen LogP contribution >= 0.6 is 11.6 Å². The number of aromatic nitrogens is 2. The summed E-state index contributed by atoms with van der Waals surface area (Å²) in [5, 5.41) is 10.7. The maximum Gasteiger partial charge on any atom is 0.315 e. The van der Waals surface area contributed by atoms with Gasteiger partial charge in [-0.3, -0.25) is 0 Å². The lowest BCUT2D eigenvalue weighted by Gasteiger charge is -2.12. The fourth-order valence-electron chi connectivity index (χ4n) is 1.58. The van der Waals surface area contributed by atoms with E-state index < -0.39 is 0 Å². The molecule has 1 N–H and O–H groups in total. The molecular weight excluding hydrogens is 250 g/mol. The van der Waals surface area contributed by atoms with Gasteiger partial charge in [-0.05, 0) is 26.3 Å². The number of hydrogen-bond donors (Lipinski definition) is 1. The van der Waals surface area contributed by atoms with E-state index in [1.165, 1.54) is 11.1 Å². The van der Waals surface area contributed by atoms with Gasteiger partial charge in [0.05, 0.1) is 6.04 Å². The van der Waals surface area contributed by atoms with Crippen molar-refractivity contribution in [3.63, 3.8) is 0 Å². The minimum Gasteiger partial charge on any atom is -0.406 e. The topological polar surface area (TPSA) is 51.0 Å². The lowest BCUT2D eigenvalue weighted by atomic mass is 10.1. The first-order valence-corrected chi connectivity index (χ1v) is 6.30. The highest BCUT2D eigenvalue weighted by Crippen LogP contribution is 2.22. The molecule has 1 heterocycles. The van der Waals surface area contributed by atoms with Crippen molar-refractivity contribution in [3.05, 3.63) is 41.3 Å². The Morgan fingerprint density at radius 3 is 2.39 bits per heavy atom. The van der Waals surface area contributed by atoms with Gasteiger partial charge in [-0.2, -0.15) is 0 Å². The molecule has 0 aliphatic carbocycles. The van der Waals surface area contributed by atoms with Crippen LogP contribution in [0.2, 0.25) is 0 Å². The fraction of sp³-hybridized carbons (Fsp3) is 0.385. The molecule has 1 aromatic carbocycles. The van der Waals surface area contributed by atoms with Gasteiger partial charge < -0.3 is 9.73 Å². The Labute approximate surface area is 111 Å². The van der Waals surface area contributed by atoms with Crippen molar-refractivity contribution in [3.8, 4) is 0 Å². The molecule has 4 nitrogen and oxygen atoms in total. The van der Waals surface area contributed by atoms with Gasteiger partial charge in [-0.25, -0.2) is 0 Å². The SMILES string of the molecule is Cc1ccc(C(C)Nc2nnc(C(C)Cl)o2)cc1. The molecule has 0 saturated carbocycles. The largest absolute Gasteiger partial charge is 0.406 e. The normalized spacial score (nSPS) is 14.2. The summed E-state index contributed by atoms with van der Waals surface area (Å²) in [6.07, 6.45) is 0. The highest BCUT2D eigenvalue weighted by molar-refractivity contribution is 6.20. The minimum absolute atomic E-state index is 0.101. The van der Waals surface area contributed by atoms with Crippen LogP contribution in [0.4, 0.5) is 6.01 Å². The third-order valence-electron chi connectivity index (χ3n) is 2.70. The molecule has 2 aromatic rings. The number of aryl methyl sites for hydroxylation is 1. The number of alkyl halides is 1. The van der Waals surface area contributed by atoms with Crippen LogP contribution in [0.15, 0.2) is 28.7 Å². The number of anilines is 1. The number of benzene rings is 1. The Morgan fingerprint density at radius 1 is 1.17 bits per heavy atom. The molecule has 0 bridgehead atoms. The summed E-state index contributed by atoms with van der Waals surface area (Å²) in [7, 11) is 0. The van der Waals surface area contributed by atoms with Crippen molar-refractivity contribution in [2.24, 2.45) is 0 Å². The maximum absolute atomic E-state index is 5.86. The number of nitrogens with one attached hydrogen (secondary N) is 1. The summed E-state index contributed by atoms with van der Waals surface area (Å²) < 4.78 is 5.40. The molecule has 5 heteroatoms. The molecule has 2 rings (SSSR count). The molecular formula is C13H16ClN3O. The van der Waals surface area contributed by atoms with E-state index in [1.54, 1.807) is 6.92 Å². The molecule has 1 aromatic heterocycles. The number of halogens is 1. The summed E-state index contributed by atoms with van der Waals surface area (Å²) in [6, 6.07) is 8.81. The summed E-state index contributed by atoms with van der Waals surface area (Å²) >= 11 is 5.86. The molecule has 0 aliphatic rings. The van der Waals surface area contributed by atoms with Crippen LogP contribution in [0.3, 0.4) is 0 Å². The number of nitrogens with zero attached hydrogens (tertiary/aromatic N) is 2. The number of hydrogen-bond acceptors (Lipinski definition) is 4. The Hall–Kier alpha value is -1.55. The Bertz CT molecular complexity index is 507. The second-order valence-corrected chi connectivity index (χ2v) is 4.99. The average molecular weight is 266 g/mol. The average Bonchev–Trinajstić information content (AvgIpc) is 2.78. The van der Waals surface area contributed by atoms with Crippen molar-refractivity contribution in [2.75, 3.05) is 5.32 Å². The van der Waals surface area contributed by atoms with Crippen LogP contribution in [0, 0.1) is 6.92 Å². The predicted octanol–water partition coefficient (Wildman–Crippen LogP) is 3.85. The zero-order chi connectivity index (χ0) is 13.1. The van der Waals surface area contributed by atoms with Gasteiger partial charge in [0.2, 0.25) is 5.89 Å². The standard InChI is InChI=1S/C13H16ClN3O/c1-8-4-6-11(7-5-8)10(3)15-13-17-16-12(18-13)9(2)14/h4-7,9-10H,1-3H3,(H,15,17). The first-order valence-electron chi connectivity index (χ1n) is 5.87. The highest BCUT2D eigenvalue weighted by atomic mass is 35.5. The van der Waals surface area contributed by atoms with Crippen LogP contribution in [0.1, 0.15) is 42.3 Å². The van der Waals surface area contributed by atoms with Crippen molar-refractivity contribution >= 4 is 17.6 Å². The number of rotatable bonds is 4. The lowest BCUT2D eigenvalue weighted by Crippen LogP contribution is -2.06. The van der Waals surface area contributed by atoms with Gasteiger partial charge in [0, 0.05) is 0 Å². The maximum atomic E-state index is 5.86. The van der Waals surface area contributed by atoms with Gasteiger partial charge in [-0.1, -0.05) is 34.9 Å². The molecule has 0 fully saturated rings. The van der Waals surface area contributed by atoms with Crippen LogP contribution < -0.4 is 5.32 Å². The summed E-state index contributed by atoms with van der Waals surface area (Å²) in [6.45, 7) is 5.90. The molecule has 0 aliphatic heterocycles. The monoisotopic (exact) mass is 265 g/mol. The van der Waals surface area contributed by atoms with E-state index in [-0.39, 0.29) is 11.4 Å². The third-order valence-corrected chi connectivity index (χ3v) is 2.88. The van der Waals surface area contributed by atoms with E-state index in [2.05, 4.69) is 46.7 Å². The Balaban J connectivity index is 2.06.